The van der Waals surface area contributed by atoms with Crippen LogP contribution < -0.4 is 20.1 Å². The summed E-state index contributed by atoms with van der Waals surface area (Å²) in [5.74, 6) is 0.0223. The molecule has 8 heteroatoms. The summed E-state index contributed by atoms with van der Waals surface area (Å²) in [4.78, 5) is 39.5. The zero-order chi connectivity index (χ0) is 24.0. The standard InChI is InChI=1S/C25H26N2O5S/c1-15-12-18(16(2)33-15)21(28)10-11-24(29)26-19-13-23(32-4)20(14-22(19)31-3)27-25(30)17-8-6-5-7-9-17/h5-9,12-14H,10-11H2,1-4H3,(H,26,29)(H,27,30). The minimum absolute atomic E-state index is 0.0329. The summed E-state index contributed by atoms with van der Waals surface area (Å²) in [6.07, 6.45) is 0.138. The van der Waals surface area contributed by atoms with Gasteiger partial charge in [0, 0.05) is 45.9 Å². The predicted molar refractivity (Wildman–Crippen MR) is 130 cm³/mol. The number of carbonyl (C=O) groups excluding carboxylic acids is 3. The summed E-state index contributed by atoms with van der Waals surface area (Å²) in [5.41, 5.74) is 1.95. The van der Waals surface area contributed by atoms with Crippen LogP contribution in [0.25, 0.3) is 0 Å². The molecule has 0 aliphatic rings. The molecule has 1 aromatic heterocycles. The molecule has 3 aromatic rings. The number of nitrogens with one attached hydrogen (secondary N) is 2. The van der Waals surface area contributed by atoms with Gasteiger partial charge in [-0.15, -0.1) is 11.3 Å². The van der Waals surface area contributed by atoms with Gasteiger partial charge in [-0.3, -0.25) is 14.4 Å². The first-order chi connectivity index (χ1) is 15.8. The number of Topliss-reactive ketones (excluding diaryl/α,β-unsaturated/α-hetero) is 1. The highest BCUT2D eigenvalue weighted by Gasteiger charge is 2.18. The van der Waals surface area contributed by atoms with Crippen LogP contribution in [0.1, 0.15) is 43.3 Å². The summed E-state index contributed by atoms with van der Waals surface area (Å²) >= 11 is 1.57. The molecule has 172 valence electrons. The maximum Gasteiger partial charge on any atom is 0.255 e. The van der Waals surface area contributed by atoms with Crippen molar-refractivity contribution in [3.63, 3.8) is 0 Å². The van der Waals surface area contributed by atoms with Gasteiger partial charge >= 0.3 is 0 Å². The first-order valence-corrected chi connectivity index (χ1v) is 11.2. The zero-order valence-electron chi connectivity index (χ0n) is 19.0. The van der Waals surface area contributed by atoms with E-state index in [4.69, 9.17) is 9.47 Å². The minimum Gasteiger partial charge on any atom is -0.494 e. The molecule has 0 aliphatic heterocycles. The van der Waals surface area contributed by atoms with Crippen LogP contribution in [0.4, 0.5) is 11.4 Å². The lowest BCUT2D eigenvalue weighted by atomic mass is 10.1. The van der Waals surface area contributed by atoms with E-state index in [1.165, 1.54) is 14.2 Å². The fourth-order valence-corrected chi connectivity index (χ4v) is 4.30. The largest absolute Gasteiger partial charge is 0.494 e. The van der Waals surface area contributed by atoms with Gasteiger partial charge in [0.1, 0.15) is 11.5 Å². The van der Waals surface area contributed by atoms with Gasteiger partial charge in [0.25, 0.3) is 5.91 Å². The summed E-state index contributed by atoms with van der Waals surface area (Å²) < 4.78 is 10.8. The second kappa shape index (κ2) is 10.8. The lowest BCUT2D eigenvalue weighted by molar-refractivity contribution is -0.116. The van der Waals surface area contributed by atoms with Gasteiger partial charge in [0.15, 0.2) is 5.78 Å². The Morgan fingerprint density at radius 2 is 1.45 bits per heavy atom. The monoisotopic (exact) mass is 466 g/mol. The van der Waals surface area contributed by atoms with Gasteiger partial charge in [-0.2, -0.15) is 0 Å². The third-order valence-corrected chi connectivity index (χ3v) is 5.97. The first kappa shape index (κ1) is 24.0. The quantitative estimate of drug-likeness (QED) is 0.421. The van der Waals surface area contributed by atoms with Crippen LogP contribution in [0.5, 0.6) is 11.5 Å². The van der Waals surface area contributed by atoms with Crippen molar-refractivity contribution >= 4 is 40.3 Å². The van der Waals surface area contributed by atoms with Crippen molar-refractivity contribution in [1.82, 2.24) is 0 Å². The molecule has 7 nitrogen and oxygen atoms in total. The Labute approximate surface area is 196 Å². The smallest absolute Gasteiger partial charge is 0.255 e. The molecule has 2 amide bonds. The van der Waals surface area contributed by atoms with Crippen molar-refractivity contribution in [3.05, 3.63) is 69.4 Å². The lowest BCUT2D eigenvalue weighted by Gasteiger charge is -2.16. The zero-order valence-corrected chi connectivity index (χ0v) is 19.8. The summed E-state index contributed by atoms with van der Waals surface area (Å²) in [6, 6.07) is 13.8. The fourth-order valence-electron chi connectivity index (χ4n) is 3.36. The Kier molecular flexibility index (Phi) is 7.84. The number of aryl methyl sites for hydroxylation is 2. The molecule has 0 fully saturated rings. The number of methoxy groups -OCH3 is 2. The third kappa shape index (κ3) is 5.98. The second-order valence-electron chi connectivity index (χ2n) is 7.37. The van der Waals surface area contributed by atoms with Crippen LogP contribution in [0.3, 0.4) is 0 Å². The highest BCUT2D eigenvalue weighted by molar-refractivity contribution is 7.12. The van der Waals surface area contributed by atoms with E-state index in [-0.39, 0.29) is 30.4 Å². The van der Waals surface area contributed by atoms with Crippen LogP contribution in [0.2, 0.25) is 0 Å². The van der Waals surface area contributed by atoms with E-state index < -0.39 is 0 Å². The van der Waals surface area contributed by atoms with E-state index in [0.717, 1.165) is 9.75 Å². The highest BCUT2D eigenvalue weighted by Crippen LogP contribution is 2.37. The van der Waals surface area contributed by atoms with Crippen molar-refractivity contribution < 1.29 is 23.9 Å². The summed E-state index contributed by atoms with van der Waals surface area (Å²) in [5, 5.41) is 5.57. The van der Waals surface area contributed by atoms with Gasteiger partial charge in [0.2, 0.25) is 5.91 Å². The maximum atomic E-state index is 12.5. The Morgan fingerprint density at radius 3 is 2.00 bits per heavy atom. The molecular weight excluding hydrogens is 440 g/mol. The van der Waals surface area contributed by atoms with Crippen LogP contribution in [0.15, 0.2) is 48.5 Å². The Morgan fingerprint density at radius 1 is 0.848 bits per heavy atom. The van der Waals surface area contributed by atoms with Gasteiger partial charge in [-0.1, -0.05) is 18.2 Å². The molecule has 0 bridgehead atoms. The molecule has 0 atom stereocenters. The topological polar surface area (TPSA) is 93.7 Å². The van der Waals surface area contributed by atoms with Crippen LogP contribution in [-0.4, -0.2) is 31.8 Å². The normalized spacial score (nSPS) is 10.4. The predicted octanol–water partition coefficient (Wildman–Crippen LogP) is 5.24. The van der Waals surface area contributed by atoms with Crippen molar-refractivity contribution in [2.75, 3.05) is 24.9 Å². The Hall–Kier alpha value is -3.65. The van der Waals surface area contributed by atoms with Gasteiger partial charge in [-0.05, 0) is 32.0 Å². The van der Waals surface area contributed by atoms with Gasteiger partial charge in [-0.25, -0.2) is 0 Å². The second-order valence-corrected chi connectivity index (χ2v) is 8.83. The molecule has 2 aromatic carbocycles. The molecule has 0 radical (unpaired) electrons. The fraction of sp³-hybridized carbons (Fsp3) is 0.240. The molecule has 0 saturated heterocycles. The van der Waals surface area contributed by atoms with E-state index in [1.54, 1.807) is 47.7 Å². The van der Waals surface area contributed by atoms with E-state index in [2.05, 4.69) is 10.6 Å². The molecule has 2 N–H and O–H groups in total. The summed E-state index contributed by atoms with van der Waals surface area (Å²) in [7, 11) is 2.93. The number of hydrogen-bond acceptors (Lipinski definition) is 6. The molecule has 33 heavy (non-hydrogen) atoms. The molecule has 0 saturated carbocycles. The number of rotatable bonds is 9. The van der Waals surface area contributed by atoms with Gasteiger partial charge in [0.05, 0.1) is 25.6 Å². The van der Waals surface area contributed by atoms with Crippen molar-refractivity contribution in [2.24, 2.45) is 0 Å². The molecule has 0 spiro atoms. The minimum atomic E-state index is -0.325. The SMILES string of the molecule is COc1cc(NC(=O)c2ccccc2)c(OC)cc1NC(=O)CCC(=O)c1cc(C)sc1C. The van der Waals surface area contributed by atoms with E-state index in [1.807, 2.05) is 26.0 Å². The number of ether oxygens (including phenoxy) is 2. The average Bonchev–Trinajstić information content (AvgIpc) is 3.16. The molecule has 1 heterocycles. The number of carbonyl (C=O) groups is 3. The van der Waals surface area contributed by atoms with Crippen LogP contribution >= 0.6 is 11.3 Å². The Bertz CT molecular complexity index is 1170. The maximum absolute atomic E-state index is 12.5. The number of hydrogen-bond donors (Lipinski definition) is 2. The number of anilines is 2. The molecule has 0 aliphatic carbocycles. The lowest BCUT2D eigenvalue weighted by Crippen LogP contribution is -2.15. The first-order valence-electron chi connectivity index (χ1n) is 10.3. The summed E-state index contributed by atoms with van der Waals surface area (Å²) in [6.45, 7) is 3.85. The van der Waals surface area contributed by atoms with Crippen molar-refractivity contribution in [2.45, 2.75) is 26.7 Å². The van der Waals surface area contributed by atoms with E-state index in [0.29, 0.717) is 34.0 Å². The van der Waals surface area contributed by atoms with Crippen LogP contribution in [-0.2, 0) is 4.79 Å². The molecule has 0 unspecified atom stereocenters. The van der Waals surface area contributed by atoms with Crippen LogP contribution in [0, 0.1) is 13.8 Å². The number of ketones is 1. The molecule has 3 rings (SSSR count). The third-order valence-electron chi connectivity index (χ3n) is 5.00. The number of amides is 2. The average molecular weight is 467 g/mol. The number of benzene rings is 2. The highest BCUT2D eigenvalue weighted by atomic mass is 32.1. The van der Waals surface area contributed by atoms with Crippen molar-refractivity contribution in [3.8, 4) is 11.5 Å². The Balaban J connectivity index is 1.70. The van der Waals surface area contributed by atoms with E-state index in [9.17, 15) is 14.4 Å². The van der Waals surface area contributed by atoms with E-state index >= 15 is 0 Å². The van der Waals surface area contributed by atoms with Gasteiger partial charge < -0.3 is 20.1 Å². The number of thiophene rings is 1. The van der Waals surface area contributed by atoms with Crippen molar-refractivity contribution in [1.29, 1.82) is 0 Å². The molecular formula is C25H26N2O5S.